The molecular formula is C14H19N3OS. The Morgan fingerprint density at radius 2 is 2.16 bits per heavy atom. The zero-order valence-corrected chi connectivity index (χ0v) is 12.3. The topological polar surface area (TPSA) is 60.9 Å². The first-order valence-electron chi connectivity index (χ1n) is 6.49. The van der Waals surface area contributed by atoms with Gasteiger partial charge in [-0.3, -0.25) is 4.79 Å². The van der Waals surface area contributed by atoms with Crippen LogP contribution in [-0.4, -0.2) is 9.55 Å². The average Bonchev–Trinajstić information content (AvgIpc) is 2.78. The van der Waals surface area contributed by atoms with Crippen molar-refractivity contribution in [2.75, 3.05) is 5.73 Å². The number of nitrogens with zero attached hydrogens (tertiary/aromatic N) is 2. The van der Waals surface area contributed by atoms with E-state index in [1.165, 1.54) is 11.3 Å². The quantitative estimate of drug-likeness (QED) is 0.934. The van der Waals surface area contributed by atoms with E-state index in [1.54, 1.807) is 0 Å². The number of rotatable bonds is 4. The summed E-state index contributed by atoms with van der Waals surface area (Å²) in [6, 6.07) is 3.88. The summed E-state index contributed by atoms with van der Waals surface area (Å²) in [5.41, 5.74) is 8.04. The first kappa shape index (κ1) is 13.8. The predicted octanol–water partition coefficient (Wildman–Crippen LogP) is 3.09. The molecule has 0 radical (unpaired) electrons. The van der Waals surface area contributed by atoms with Gasteiger partial charge in [-0.1, -0.05) is 20.8 Å². The van der Waals surface area contributed by atoms with Crippen LogP contribution in [0.25, 0.3) is 11.3 Å². The van der Waals surface area contributed by atoms with Crippen molar-refractivity contribution in [2.45, 2.75) is 39.7 Å². The standard InChI is InChI=1S/C14H19N3OS/c1-4-7-17-12(9(2)3)6-5-10(13(17)18)11-8-19-14(15)16-11/h5-6,8-9H,4,7H2,1-3H3,(H2,15,16). The van der Waals surface area contributed by atoms with Gasteiger partial charge >= 0.3 is 0 Å². The zero-order chi connectivity index (χ0) is 14.0. The third kappa shape index (κ3) is 2.71. The molecule has 0 aliphatic carbocycles. The lowest BCUT2D eigenvalue weighted by Crippen LogP contribution is -2.25. The number of hydrogen-bond acceptors (Lipinski definition) is 4. The summed E-state index contributed by atoms with van der Waals surface area (Å²) >= 11 is 1.36. The van der Waals surface area contributed by atoms with Crippen LogP contribution >= 0.6 is 11.3 Å². The second-order valence-electron chi connectivity index (χ2n) is 4.85. The number of pyridine rings is 1. The van der Waals surface area contributed by atoms with Gasteiger partial charge in [-0.25, -0.2) is 4.98 Å². The van der Waals surface area contributed by atoms with Gasteiger partial charge in [0.15, 0.2) is 5.13 Å². The minimum atomic E-state index is 0.0263. The Kier molecular flexibility index (Phi) is 4.04. The molecule has 0 fully saturated rings. The lowest BCUT2D eigenvalue weighted by molar-refractivity contribution is 0.597. The van der Waals surface area contributed by atoms with Gasteiger partial charge in [-0.2, -0.15) is 0 Å². The third-order valence-corrected chi connectivity index (χ3v) is 3.72. The van der Waals surface area contributed by atoms with E-state index < -0.39 is 0 Å². The van der Waals surface area contributed by atoms with E-state index in [4.69, 9.17) is 5.73 Å². The van der Waals surface area contributed by atoms with Gasteiger partial charge < -0.3 is 10.3 Å². The van der Waals surface area contributed by atoms with E-state index in [0.717, 1.165) is 18.7 Å². The van der Waals surface area contributed by atoms with Crippen LogP contribution in [0, 0.1) is 0 Å². The molecule has 0 amide bonds. The van der Waals surface area contributed by atoms with Crippen molar-refractivity contribution in [1.82, 2.24) is 9.55 Å². The van der Waals surface area contributed by atoms with Crippen molar-refractivity contribution in [2.24, 2.45) is 0 Å². The van der Waals surface area contributed by atoms with Crippen molar-refractivity contribution in [3.8, 4) is 11.3 Å². The maximum atomic E-state index is 12.6. The molecule has 0 atom stereocenters. The summed E-state index contributed by atoms with van der Waals surface area (Å²) in [5, 5.41) is 2.32. The fourth-order valence-electron chi connectivity index (χ4n) is 2.16. The van der Waals surface area contributed by atoms with Gasteiger partial charge in [0.2, 0.25) is 0 Å². The van der Waals surface area contributed by atoms with Crippen LogP contribution in [0.1, 0.15) is 38.8 Å². The van der Waals surface area contributed by atoms with Crippen LogP contribution in [0.2, 0.25) is 0 Å². The van der Waals surface area contributed by atoms with Gasteiger partial charge in [-0.05, 0) is 24.5 Å². The van der Waals surface area contributed by atoms with Gasteiger partial charge in [0.1, 0.15) is 0 Å². The zero-order valence-electron chi connectivity index (χ0n) is 11.5. The molecule has 2 N–H and O–H groups in total. The molecule has 0 aromatic carbocycles. The van der Waals surface area contributed by atoms with E-state index >= 15 is 0 Å². The van der Waals surface area contributed by atoms with Gasteiger partial charge in [0.25, 0.3) is 5.56 Å². The fourth-order valence-corrected chi connectivity index (χ4v) is 2.72. The molecule has 2 rings (SSSR count). The highest BCUT2D eigenvalue weighted by Gasteiger charge is 2.13. The molecule has 19 heavy (non-hydrogen) atoms. The molecule has 0 saturated heterocycles. The monoisotopic (exact) mass is 277 g/mol. The number of thiazole rings is 1. The lowest BCUT2D eigenvalue weighted by Gasteiger charge is -2.16. The molecule has 0 saturated carbocycles. The van der Waals surface area contributed by atoms with Crippen molar-refractivity contribution in [1.29, 1.82) is 0 Å². The summed E-state index contributed by atoms with van der Waals surface area (Å²) in [7, 11) is 0. The molecule has 0 spiro atoms. The van der Waals surface area contributed by atoms with Crippen LogP contribution in [0.5, 0.6) is 0 Å². The normalized spacial score (nSPS) is 11.2. The van der Waals surface area contributed by atoms with Crippen molar-refractivity contribution < 1.29 is 0 Å². The molecule has 0 bridgehead atoms. The lowest BCUT2D eigenvalue weighted by atomic mass is 10.1. The predicted molar refractivity (Wildman–Crippen MR) is 80.6 cm³/mol. The SMILES string of the molecule is CCCn1c(C(C)C)ccc(-c2csc(N)n2)c1=O. The van der Waals surface area contributed by atoms with Crippen molar-refractivity contribution in [3.63, 3.8) is 0 Å². The molecule has 0 aliphatic rings. The molecule has 2 aromatic rings. The maximum absolute atomic E-state index is 12.6. The highest BCUT2D eigenvalue weighted by atomic mass is 32.1. The largest absolute Gasteiger partial charge is 0.375 e. The number of nitrogens with two attached hydrogens (primary N) is 1. The number of aromatic nitrogens is 2. The van der Waals surface area contributed by atoms with Crippen LogP contribution in [0.3, 0.4) is 0 Å². The van der Waals surface area contributed by atoms with Crippen LogP contribution in [-0.2, 0) is 6.54 Å². The Hall–Kier alpha value is -1.62. The summed E-state index contributed by atoms with van der Waals surface area (Å²) in [4.78, 5) is 16.8. The summed E-state index contributed by atoms with van der Waals surface area (Å²) < 4.78 is 1.86. The summed E-state index contributed by atoms with van der Waals surface area (Å²) in [6.45, 7) is 7.01. The first-order valence-corrected chi connectivity index (χ1v) is 7.37. The van der Waals surface area contributed by atoms with E-state index in [-0.39, 0.29) is 5.56 Å². The van der Waals surface area contributed by atoms with Crippen LogP contribution in [0.4, 0.5) is 5.13 Å². The van der Waals surface area contributed by atoms with Gasteiger partial charge in [0.05, 0.1) is 11.3 Å². The highest BCUT2D eigenvalue weighted by molar-refractivity contribution is 7.13. The third-order valence-electron chi connectivity index (χ3n) is 3.04. The van der Waals surface area contributed by atoms with Crippen LogP contribution < -0.4 is 11.3 Å². The van der Waals surface area contributed by atoms with Gasteiger partial charge in [0, 0.05) is 17.6 Å². The number of anilines is 1. The van der Waals surface area contributed by atoms with Crippen molar-refractivity contribution >= 4 is 16.5 Å². The smallest absolute Gasteiger partial charge is 0.260 e. The number of nitrogen functional groups attached to an aromatic ring is 1. The van der Waals surface area contributed by atoms with E-state index in [0.29, 0.717) is 22.3 Å². The second kappa shape index (κ2) is 5.57. The number of hydrogen-bond donors (Lipinski definition) is 1. The van der Waals surface area contributed by atoms with Crippen LogP contribution in [0.15, 0.2) is 22.3 Å². The molecular weight excluding hydrogens is 258 g/mol. The van der Waals surface area contributed by atoms with E-state index in [9.17, 15) is 4.79 Å². The molecule has 102 valence electrons. The molecule has 0 aliphatic heterocycles. The molecule has 2 aromatic heterocycles. The minimum absolute atomic E-state index is 0.0263. The Morgan fingerprint density at radius 1 is 1.42 bits per heavy atom. The highest BCUT2D eigenvalue weighted by Crippen LogP contribution is 2.22. The molecule has 0 unspecified atom stereocenters. The maximum Gasteiger partial charge on any atom is 0.260 e. The Morgan fingerprint density at radius 3 is 2.68 bits per heavy atom. The minimum Gasteiger partial charge on any atom is -0.375 e. The molecule has 5 heteroatoms. The summed E-state index contributed by atoms with van der Waals surface area (Å²) in [6.07, 6.45) is 0.933. The first-order chi connectivity index (χ1) is 9.04. The van der Waals surface area contributed by atoms with Crippen molar-refractivity contribution in [3.05, 3.63) is 33.6 Å². The average molecular weight is 277 g/mol. The van der Waals surface area contributed by atoms with E-state index in [1.807, 2.05) is 22.1 Å². The Labute approximate surface area is 116 Å². The fraction of sp³-hybridized carbons (Fsp3) is 0.429. The van der Waals surface area contributed by atoms with Gasteiger partial charge in [-0.15, -0.1) is 11.3 Å². The Bertz CT molecular complexity index is 628. The summed E-state index contributed by atoms with van der Waals surface area (Å²) in [5.74, 6) is 0.328. The van der Waals surface area contributed by atoms with E-state index in [2.05, 4.69) is 25.8 Å². The Balaban J connectivity index is 2.59. The molecule has 4 nitrogen and oxygen atoms in total. The molecule has 2 heterocycles. The second-order valence-corrected chi connectivity index (χ2v) is 5.74.